The number of unbranched alkanes of at least 4 members (excludes halogenated alkanes) is 1. The summed E-state index contributed by atoms with van der Waals surface area (Å²) in [5.41, 5.74) is 5.16. The third-order valence-corrected chi connectivity index (χ3v) is 2.30. The predicted octanol–water partition coefficient (Wildman–Crippen LogP) is 0.267. The van der Waals surface area contributed by atoms with Gasteiger partial charge in [-0.25, -0.2) is 14.8 Å². The fraction of sp³-hybridized carbons (Fsp3) is 0.455. The van der Waals surface area contributed by atoms with E-state index in [0.29, 0.717) is 12.5 Å². The molecule has 0 saturated heterocycles. The van der Waals surface area contributed by atoms with Gasteiger partial charge in [0, 0.05) is 18.9 Å². The van der Waals surface area contributed by atoms with Crippen LogP contribution in [0.5, 0.6) is 0 Å². The molecule has 0 atom stereocenters. The number of carboxylic acids is 1. The highest BCUT2D eigenvalue weighted by Crippen LogP contribution is 2.08. The summed E-state index contributed by atoms with van der Waals surface area (Å²) < 4.78 is 0. The van der Waals surface area contributed by atoms with E-state index < -0.39 is 11.9 Å². The second-order valence-corrected chi connectivity index (χ2v) is 3.82. The van der Waals surface area contributed by atoms with Crippen LogP contribution in [0.3, 0.4) is 0 Å². The molecule has 0 spiro atoms. The quantitative estimate of drug-likeness (QED) is 0.720. The van der Waals surface area contributed by atoms with E-state index in [2.05, 4.69) is 9.97 Å². The Morgan fingerprint density at radius 3 is 2.44 bits per heavy atom. The van der Waals surface area contributed by atoms with Gasteiger partial charge in [0.05, 0.1) is 12.1 Å². The monoisotopic (exact) mass is 252 g/mol. The Morgan fingerprint density at radius 1 is 1.39 bits per heavy atom. The number of hydrogen-bond acceptors (Lipinski definition) is 5. The third-order valence-electron chi connectivity index (χ3n) is 2.30. The van der Waals surface area contributed by atoms with Crippen molar-refractivity contribution in [3.05, 3.63) is 18.0 Å². The number of carbonyl (C=O) groups excluding carboxylic acids is 1. The Hall–Kier alpha value is -2.18. The van der Waals surface area contributed by atoms with Crippen LogP contribution in [0, 0.1) is 0 Å². The molecule has 1 aromatic rings. The minimum absolute atomic E-state index is 0.00765. The van der Waals surface area contributed by atoms with Gasteiger partial charge in [-0.15, -0.1) is 0 Å². The molecule has 0 aliphatic rings. The normalized spacial score (nSPS) is 10.1. The number of primary amides is 1. The predicted molar refractivity (Wildman–Crippen MR) is 65.3 cm³/mol. The first-order valence-corrected chi connectivity index (χ1v) is 5.63. The molecule has 0 saturated carbocycles. The second-order valence-electron chi connectivity index (χ2n) is 3.82. The van der Waals surface area contributed by atoms with Crippen molar-refractivity contribution in [2.24, 2.45) is 5.73 Å². The Labute approximate surface area is 105 Å². The number of amides is 1. The van der Waals surface area contributed by atoms with E-state index in [4.69, 9.17) is 10.8 Å². The molecule has 1 aromatic heterocycles. The number of carboxylic acid groups (broad SMARTS) is 1. The zero-order valence-corrected chi connectivity index (χ0v) is 10.2. The van der Waals surface area contributed by atoms with Gasteiger partial charge in [0.2, 0.25) is 11.9 Å². The van der Waals surface area contributed by atoms with E-state index in [1.165, 1.54) is 12.4 Å². The molecule has 7 nitrogen and oxygen atoms in total. The molecule has 0 aliphatic carbocycles. The van der Waals surface area contributed by atoms with Gasteiger partial charge in [0.15, 0.2) is 0 Å². The summed E-state index contributed by atoms with van der Waals surface area (Å²) in [5.74, 6) is -1.25. The SMILES string of the molecule is CCCCN(CC(N)=O)c1ncc(C(=O)O)cn1. The summed E-state index contributed by atoms with van der Waals surface area (Å²) in [4.78, 5) is 31.1. The van der Waals surface area contributed by atoms with Crippen LogP contribution in [-0.4, -0.2) is 40.0 Å². The van der Waals surface area contributed by atoms with E-state index in [9.17, 15) is 9.59 Å². The van der Waals surface area contributed by atoms with E-state index in [0.717, 1.165) is 12.8 Å². The Bertz CT molecular complexity index is 419. The maximum Gasteiger partial charge on any atom is 0.338 e. The van der Waals surface area contributed by atoms with Crippen molar-refractivity contribution in [3.8, 4) is 0 Å². The molecular formula is C11H16N4O3. The smallest absolute Gasteiger partial charge is 0.338 e. The van der Waals surface area contributed by atoms with Crippen LogP contribution in [0.2, 0.25) is 0 Å². The molecule has 98 valence electrons. The van der Waals surface area contributed by atoms with Crippen molar-refractivity contribution in [2.75, 3.05) is 18.0 Å². The number of rotatable bonds is 7. The lowest BCUT2D eigenvalue weighted by atomic mass is 10.3. The van der Waals surface area contributed by atoms with Gasteiger partial charge < -0.3 is 15.7 Å². The van der Waals surface area contributed by atoms with Crippen molar-refractivity contribution >= 4 is 17.8 Å². The molecular weight excluding hydrogens is 236 g/mol. The molecule has 3 N–H and O–H groups in total. The molecule has 0 unspecified atom stereocenters. The maximum absolute atomic E-state index is 11.0. The summed E-state index contributed by atoms with van der Waals surface area (Å²) >= 11 is 0. The fourth-order valence-electron chi connectivity index (χ4n) is 1.38. The van der Waals surface area contributed by atoms with Crippen LogP contribution in [0.1, 0.15) is 30.1 Å². The fourth-order valence-corrected chi connectivity index (χ4v) is 1.38. The summed E-state index contributed by atoms with van der Waals surface area (Å²) in [6, 6.07) is 0. The lowest BCUT2D eigenvalue weighted by molar-refractivity contribution is -0.116. The van der Waals surface area contributed by atoms with E-state index in [-0.39, 0.29) is 12.1 Å². The van der Waals surface area contributed by atoms with Crippen LogP contribution < -0.4 is 10.6 Å². The molecule has 1 rings (SSSR count). The topological polar surface area (TPSA) is 109 Å². The molecule has 0 aliphatic heterocycles. The first-order valence-electron chi connectivity index (χ1n) is 5.63. The summed E-state index contributed by atoms with van der Waals surface area (Å²) in [7, 11) is 0. The van der Waals surface area contributed by atoms with Gasteiger partial charge in [-0.2, -0.15) is 0 Å². The molecule has 18 heavy (non-hydrogen) atoms. The maximum atomic E-state index is 11.0. The van der Waals surface area contributed by atoms with Gasteiger partial charge in [-0.05, 0) is 6.42 Å². The molecule has 0 fully saturated rings. The number of nitrogens with zero attached hydrogens (tertiary/aromatic N) is 3. The summed E-state index contributed by atoms with van der Waals surface area (Å²) in [5, 5.41) is 8.73. The zero-order chi connectivity index (χ0) is 13.5. The van der Waals surface area contributed by atoms with Crippen LogP contribution in [-0.2, 0) is 4.79 Å². The van der Waals surface area contributed by atoms with Crippen LogP contribution >= 0.6 is 0 Å². The highest BCUT2D eigenvalue weighted by Gasteiger charge is 2.12. The number of aromatic carboxylic acids is 1. The summed E-state index contributed by atoms with van der Waals surface area (Å²) in [6.07, 6.45) is 4.26. The molecule has 7 heteroatoms. The van der Waals surface area contributed by atoms with Crippen molar-refractivity contribution in [1.82, 2.24) is 9.97 Å². The lowest BCUT2D eigenvalue weighted by Crippen LogP contribution is -2.35. The van der Waals surface area contributed by atoms with Gasteiger partial charge >= 0.3 is 5.97 Å². The first-order chi connectivity index (χ1) is 8.54. The lowest BCUT2D eigenvalue weighted by Gasteiger charge is -2.20. The number of aromatic nitrogens is 2. The van der Waals surface area contributed by atoms with Gasteiger partial charge in [-0.1, -0.05) is 13.3 Å². The van der Waals surface area contributed by atoms with Crippen molar-refractivity contribution in [3.63, 3.8) is 0 Å². The molecule has 0 radical (unpaired) electrons. The minimum Gasteiger partial charge on any atom is -0.478 e. The zero-order valence-electron chi connectivity index (χ0n) is 10.2. The average Bonchev–Trinajstić information content (AvgIpc) is 2.34. The molecule has 0 aromatic carbocycles. The van der Waals surface area contributed by atoms with Crippen LogP contribution in [0.4, 0.5) is 5.95 Å². The van der Waals surface area contributed by atoms with E-state index >= 15 is 0 Å². The molecule has 1 amide bonds. The van der Waals surface area contributed by atoms with E-state index in [1.54, 1.807) is 4.90 Å². The van der Waals surface area contributed by atoms with Crippen LogP contribution in [0.25, 0.3) is 0 Å². The number of hydrogen-bond donors (Lipinski definition) is 2. The Balaban J connectivity index is 2.83. The van der Waals surface area contributed by atoms with Crippen molar-refractivity contribution in [1.29, 1.82) is 0 Å². The van der Waals surface area contributed by atoms with E-state index in [1.807, 2.05) is 6.92 Å². The number of anilines is 1. The highest BCUT2D eigenvalue weighted by molar-refractivity contribution is 5.86. The Kier molecular flexibility index (Phi) is 5.04. The largest absolute Gasteiger partial charge is 0.478 e. The molecule has 1 heterocycles. The van der Waals surface area contributed by atoms with Crippen LogP contribution in [0.15, 0.2) is 12.4 Å². The van der Waals surface area contributed by atoms with Gasteiger partial charge in [0.25, 0.3) is 0 Å². The van der Waals surface area contributed by atoms with Crippen molar-refractivity contribution in [2.45, 2.75) is 19.8 Å². The standard InChI is InChI=1S/C11H16N4O3/c1-2-3-4-15(7-9(12)16)11-13-5-8(6-14-11)10(17)18/h5-6H,2-4,7H2,1H3,(H2,12,16)(H,17,18). The first kappa shape index (κ1) is 13.9. The third kappa shape index (κ3) is 4.00. The number of nitrogens with two attached hydrogens (primary N) is 1. The minimum atomic E-state index is -1.09. The van der Waals surface area contributed by atoms with Gasteiger partial charge in [-0.3, -0.25) is 4.79 Å². The summed E-state index contributed by atoms with van der Waals surface area (Å²) in [6.45, 7) is 2.65. The van der Waals surface area contributed by atoms with Gasteiger partial charge in [0.1, 0.15) is 0 Å². The van der Waals surface area contributed by atoms with Crippen molar-refractivity contribution < 1.29 is 14.7 Å². The second kappa shape index (κ2) is 6.53. The Morgan fingerprint density at radius 2 is 2.00 bits per heavy atom. The highest BCUT2D eigenvalue weighted by atomic mass is 16.4. The molecule has 0 bridgehead atoms. The number of carbonyl (C=O) groups is 2. The average molecular weight is 252 g/mol.